The largest absolute Gasteiger partial charge is 2.00 e. The van der Waals surface area contributed by atoms with Gasteiger partial charge in [0.25, 0.3) is 0 Å². The van der Waals surface area contributed by atoms with Crippen LogP contribution in [0, 0.1) is 14.9 Å². The topological polar surface area (TPSA) is 0 Å². The number of hydrogen-bond donors (Lipinski definition) is 0. The molecular weight excluding hydrogens is 927 g/mol. The van der Waals surface area contributed by atoms with E-state index in [-0.39, 0.29) is 67.0 Å². The fourth-order valence-corrected chi connectivity index (χ4v) is 17.2. The molecular formula is C58H62P4Pd. The van der Waals surface area contributed by atoms with Crippen LogP contribution in [0.4, 0.5) is 0 Å². The van der Waals surface area contributed by atoms with Crippen LogP contribution in [-0.4, -0.2) is 24.6 Å². The summed E-state index contributed by atoms with van der Waals surface area (Å²) in [5.41, 5.74) is 0. The van der Waals surface area contributed by atoms with Gasteiger partial charge in [-0.1, -0.05) is 243 Å². The molecule has 8 aromatic rings. The van der Waals surface area contributed by atoms with Gasteiger partial charge in [-0.15, -0.1) is 0 Å². The Morgan fingerprint density at radius 2 is 0.302 bits per heavy atom. The van der Waals surface area contributed by atoms with Crippen LogP contribution in [0.2, 0.25) is 0 Å². The van der Waals surface area contributed by atoms with Crippen molar-refractivity contribution in [2.75, 3.05) is 24.6 Å². The Balaban J connectivity index is 0.000000264. The molecule has 8 rings (SSSR count). The monoisotopic (exact) mass is 988 g/mol. The number of rotatable bonds is 18. The third-order valence-electron chi connectivity index (χ3n) is 10.6. The van der Waals surface area contributed by atoms with Crippen LogP contribution in [0.1, 0.15) is 25.7 Å². The normalized spacial score (nSPS) is 10.6. The van der Waals surface area contributed by atoms with Gasteiger partial charge in [0.15, 0.2) is 0 Å². The van der Waals surface area contributed by atoms with Crippen LogP contribution in [0.3, 0.4) is 0 Å². The molecule has 0 saturated carbocycles. The van der Waals surface area contributed by atoms with Gasteiger partial charge in [-0.25, -0.2) is 0 Å². The first-order chi connectivity index (χ1) is 29.8. The predicted molar refractivity (Wildman–Crippen MR) is 287 cm³/mol. The molecule has 0 unspecified atom stereocenters. The van der Waals surface area contributed by atoms with Crippen molar-refractivity contribution in [2.24, 2.45) is 0 Å². The summed E-state index contributed by atoms with van der Waals surface area (Å²) in [6.07, 6.45) is 10.1. The molecule has 324 valence electrons. The molecule has 0 saturated heterocycles. The van der Waals surface area contributed by atoms with Gasteiger partial charge < -0.3 is 14.9 Å². The molecule has 0 aromatic heterocycles. The van der Waals surface area contributed by atoms with Gasteiger partial charge >= 0.3 is 20.4 Å². The number of hydrogen-bond acceptors (Lipinski definition) is 0. The second kappa shape index (κ2) is 29.6. The van der Waals surface area contributed by atoms with E-state index >= 15 is 0 Å². The van der Waals surface area contributed by atoms with Gasteiger partial charge in [0.05, 0.1) is 0 Å². The second-order valence-corrected chi connectivity index (χ2v) is 24.0. The quantitative estimate of drug-likeness (QED) is 0.0348. The summed E-state index contributed by atoms with van der Waals surface area (Å²) in [6.45, 7) is 0. The molecule has 5 heteroatoms. The van der Waals surface area contributed by atoms with Crippen LogP contribution >= 0.6 is 31.7 Å². The zero-order valence-electron chi connectivity index (χ0n) is 36.9. The molecule has 8 aromatic carbocycles. The predicted octanol–water partition coefficient (Wildman–Crippen LogP) is 13.0. The zero-order chi connectivity index (χ0) is 40.9. The van der Waals surface area contributed by atoms with Crippen molar-refractivity contribution in [3.8, 4) is 0 Å². The van der Waals surface area contributed by atoms with Crippen LogP contribution in [0.5, 0.6) is 0 Å². The zero-order valence-corrected chi connectivity index (χ0v) is 42.0. The van der Waals surface area contributed by atoms with E-state index in [1.807, 2.05) is 0 Å². The van der Waals surface area contributed by atoms with E-state index in [0.717, 1.165) is 0 Å². The third-order valence-corrected chi connectivity index (χ3v) is 21.0. The molecule has 0 aliphatic carbocycles. The van der Waals surface area contributed by atoms with Crippen LogP contribution in [0.25, 0.3) is 0 Å². The molecule has 0 spiro atoms. The minimum atomic E-state index is -0.283. The molecule has 0 aliphatic heterocycles. The summed E-state index contributed by atoms with van der Waals surface area (Å²) in [6, 6.07) is 88.7. The van der Waals surface area contributed by atoms with E-state index in [4.69, 9.17) is 0 Å². The molecule has 0 heterocycles. The maximum absolute atomic E-state index is 2.31. The van der Waals surface area contributed by atoms with Gasteiger partial charge in [0.1, 0.15) is 0 Å². The van der Waals surface area contributed by atoms with Crippen LogP contribution < -0.4 is 42.4 Å². The van der Waals surface area contributed by atoms with Crippen molar-refractivity contribution in [3.05, 3.63) is 258 Å². The molecule has 63 heavy (non-hydrogen) atoms. The first-order valence-corrected chi connectivity index (χ1v) is 27.4. The van der Waals surface area contributed by atoms with Gasteiger partial charge in [0.2, 0.25) is 0 Å². The van der Waals surface area contributed by atoms with Gasteiger partial charge in [0, 0.05) is 0 Å². The van der Waals surface area contributed by atoms with Gasteiger partial charge in [-0.05, 0) is 124 Å². The molecule has 0 atom stereocenters. The van der Waals surface area contributed by atoms with E-state index in [2.05, 4.69) is 243 Å². The van der Waals surface area contributed by atoms with Crippen LogP contribution in [0.15, 0.2) is 243 Å². The summed E-state index contributed by atoms with van der Waals surface area (Å²) in [5.74, 6) is 0. The maximum Gasteiger partial charge on any atom is 2.00 e. The Kier molecular flexibility index (Phi) is 24.3. The van der Waals surface area contributed by atoms with E-state index in [0.29, 0.717) is 0 Å². The third kappa shape index (κ3) is 16.3. The summed E-state index contributed by atoms with van der Waals surface area (Å²) >= 11 is 0. The first kappa shape index (κ1) is 51.8. The summed E-state index contributed by atoms with van der Waals surface area (Å²) < 4.78 is 0. The Morgan fingerprint density at radius 1 is 0.190 bits per heavy atom. The molecule has 0 radical (unpaired) electrons. The molecule has 0 aliphatic rings. The van der Waals surface area contributed by atoms with Crippen molar-refractivity contribution >= 4 is 74.1 Å². The Hall–Kier alpha value is -3.86. The second-order valence-electron chi connectivity index (χ2n) is 14.7. The Morgan fingerprint density at radius 3 is 0.413 bits per heavy atom. The molecule has 0 fully saturated rings. The van der Waals surface area contributed by atoms with Crippen molar-refractivity contribution in [3.63, 3.8) is 0 Å². The van der Waals surface area contributed by atoms with E-state index in [1.165, 1.54) is 92.8 Å². The Labute approximate surface area is 399 Å². The van der Waals surface area contributed by atoms with Crippen molar-refractivity contribution < 1.29 is 20.4 Å². The van der Waals surface area contributed by atoms with E-state index in [9.17, 15) is 0 Å². The van der Waals surface area contributed by atoms with E-state index < -0.39 is 0 Å². The van der Waals surface area contributed by atoms with Crippen LogP contribution in [-0.2, 0) is 20.4 Å². The van der Waals surface area contributed by atoms with Gasteiger partial charge in [-0.2, -0.15) is 0 Å². The fraction of sp³-hybridized carbons (Fsp3) is 0.138. The molecule has 0 amide bonds. The number of unbranched alkanes of at least 4 members (excludes halogenated alkanes) is 2. The average molecular weight is 989 g/mol. The standard InChI is InChI=1S/2C28H28P2.2CH3.Pd/c2*1-5-15-25(16-6-1)29(26-17-7-2-8-18-26)23-13-14-24-30(27-19-9-3-10-20-27)28-21-11-4-12-22-28;;;/h2*1-12,15-22H,13-14,23-24H2;2*1H3;/q;;2*-1;+2. The van der Waals surface area contributed by atoms with Crippen molar-refractivity contribution in [2.45, 2.75) is 25.7 Å². The summed E-state index contributed by atoms with van der Waals surface area (Å²) in [7, 11) is -1.13. The smallest absolute Gasteiger partial charge is 0.358 e. The van der Waals surface area contributed by atoms with E-state index in [1.54, 1.807) is 0 Å². The Bertz CT molecular complexity index is 1820. The minimum absolute atomic E-state index is 0. The molecule has 0 bridgehead atoms. The van der Waals surface area contributed by atoms with Crippen molar-refractivity contribution in [1.82, 2.24) is 0 Å². The SMILES string of the molecule is [CH3-].[CH3-].[Pd+2].c1ccc(P(CCCCP(c2ccccc2)c2ccccc2)c2ccccc2)cc1.c1ccc(P(CCCCP(c2ccccc2)c2ccccc2)c2ccccc2)cc1. The first-order valence-electron chi connectivity index (χ1n) is 21.3. The molecule has 0 N–H and O–H groups in total. The van der Waals surface area contributed by atoms with Gasteiger partial charge in [-0.3, -0.25) is 0 Å². The minimum Gasteiger partial charge on any atom is -0.358 e. The van der Waals surface area contributed by atoms with Crippen molar-refractivity contribution in [1.29, 1.82) is 0 Å². The fourth-order valence-electron chi connectivity index (χ4n) is 7.57. The number of benzene rings is 8. The average Bonchev–Trinajstić information content (AvgIpc) is 3.34. The maximum atomic E-state index is 2.31. The summed E-state index contributed by atoms with van der Waals surface area (Å²) in [4.78, 5) is 0. The summed E-state index contributed by atoms with van der Waals surface area (Å²) in [5, 5.41) is 11.9. The molecule has 0 nitrogen and oxygen atoms in total.